The highest BCUT2D eigenvalue weighted by Gasteiger charge is 2.11. The molecule has 0 saturated carbocycles. The molecule has 0 amide bonds. The van der Waals surface area contributed by atoms with Crippen LogP contribution in [0.3, 0.4) is 0 Å². The first-order valence-electron chi connectivity index (χ1n) is 6.39. The Kier molecular flexibility index (Phi) is 4.68. The van der Waals surface area contributed by atoms with E-state index in [9.17, 15) is 0 Å². The summed E-state index contributed by atoms with van der Waals surface area (Å²) in [6.07, 6.45) is 5.02. The Hall–Kier alpha value is -1.22. The summed E-state index contributed by atoms with van der Waals surface area (Å²) in [5.41, 5.74) is 0. The molecule has 1 aromatic carbocycles. The first-order chi connectivity index (χ1) is 8.38. The lowest BCUT2D eigenvalue weighted by atomic mass is 10.0. The largest absolute Gasteiger partial charge is 0.497 e. The van der Waals surface area contributed by atoms with Gasteiger partial charge in [-0.3, -0.25) is 0 Å². The molecule has 0 bridgehead atoms. The van der Waals surface area contributed by atoms with Crippen LogP contribution in [-0.2, 0) is 0 Å². The molecule has 1 aromatic rings. The maximum atomic E-state index is 5.73. The van der Waals surface area contributed by atoms with Crippen LogP contribution in [0.15, 0.2) is 24.3 Å². The van der Waals surface area contributed by atoms with Crippen molar-refractivity contribution >= 4 is 0 Å². The van der Waals surface area contributed by atoms with Crippen LogP contribution in [-0.4, -0.2) is 26.3 Å². The number of benzene rings is 1. The quantitative estimate of drug-likeness (QED) is 0.851. The lowest BCUT2D eigenvalue weighted by Crippen LogP contribution is -2.35. The molecule has 1 aliphatic heterocycles. The second-order valence-electron chi connectivity index (χ2n) is 4.46. The average molecular weight is 235 g/mol. The zero-order chi connectivity index (χ0) is 11.9. The molecule has 3 heteroatoms. The summed E-state index contributed by atoms with van der Waals surface area (Å²) in [6, 6.07) is 8.41. The molecule has 94 valence electrons. The van der Waals surface area contributed by atoms with Gasteiger partial charge in [0.25, 0.3) is 0 Å². The molecule has 0 radical (unpaired) electrons. The maximum Gasteiger partial charge on any atom is 0.122 e. The van der Waals surface area contributed by atoms with Crippen LogP contribution >= 0.6 is 0 Å². The highest BCUT2D eigenvalue weighted by atomic mass is 16.5. The molecule has 1 heterocycles. The van der Waals surface area contributed by atoms with Crippen molar-refractivity contribution in [2.45, 2.75) is 31.7 Å². The summed E-state index contributed by atoms with van der Waals surface area (Å²) >= 11 is 0. The summed E-state index contributed by atoms with van der Waals surface area (Å²) in [7, 11) is 1.67. The molecule has 0 aliphatic carbocycles. The molecule has 0 aromatic heterocycles. The summed E-state index contributed by atoms with van der Waals surface area (Å²) in [4.78, 5) is 0. The van der Waals surface area contributed by atoms with E-state index < -0.39 is 0 Å². The number of hydrogen-bond donors (Lipinski definition) is 1. The fourth-order valence-electron chi connectivity index (χ4n) is 2.18. The minimum Gasteiger partial charge on any atom is -0.497 e. The van der Waals surface area contributed by atoms with Crippen molar-refractivity contribution < 1.29 is 9.47 Å². The van der Waals surface area contributed by atoms with Gasteiger partial charge in [0.2, 0.25) is 0 Å². The standard InChI is InChI=1S/C14H21NO2/c1-16-13-6-4-7-14(11-13)17-10-8-12-5-2-3-9-15-12/h4,6-7,11-12,15H,2-3,5,8-10H2,1H3/t12-/m0/s1. The molecular formula is C14H21NO2. The van der Waals surface area contributed by atoms with Gasteiger partial charge in [-0.15, -0.1) is 0 Å². The van der Waals surface area contributed by atoms with E-state index in [2.05, 4.69) is 5.32 Å². The van der Waals surface area contributed by atoms with Gasteiger partial charge >= 0.3 is 0 Å². The summed E-state index contributed by atoms with van der Waals surface area (Å²) in [5.74, 6) is 1.73. The molecule has 1 saturated heterocycles. The molecule has 3 nitrogen and oxygen atoms in total. The van der Waals surface area contributed by atoms with E-state index in [-0.39, 0.29) is 0 Å². The third-order valence-corrected chi connectivity index (χ3v) is 3.19. The number of rotatable bonds is 5. The van der Waals surface area contributed by atoms with Crippen molar-refractivity contribution in [3.8, 4) is 11.5 Å². The molecule has 17 heavy (non-hydrogen) atoms. The highest BCUT2D eigenvalue weighted by molar-refractivity contribution is 5.32. The van der Waals surface area contributed by atoms with Crippen molar-refractivity contribution in [2.75, 3.05) is 20.3 Å². The van der Waals surface area contributed by atoms with E-state index >= 15 is 0 Å². The van der Waals surface area contributed by atoms with Gasteiger partial charge in [-0.25, -0.2) is 0 Å². The summed E-state index contributed by atoms with van der Waals surface area (Å²) in [6.45, 7) is 1.93. The van der Waals surface area contributed by atoms with E-state index in [0.29, 0.717) is 6.04 Å². The number of nitrogens with one attached hydrogen (secondary N) is 1. The Bertz CT molecular complexity index is 335. The molecule has 0 unspecified atom stereocenters. The minimum absolute atomic E-state index is 0.634. The SMILES string of the molecule is COc1cccc(OCC[C@@H]2CCCCN2)c1. The Balaban J connectivity index is 1.73. The lowest BCUT2D eigenvalue weighted by Gasteiger charge is -2.23. The highest BCUT2D eigenvalue weighted by Crippen LogP contribution is 2.19. The van der Waals surface area contributed by atoms with E-state index in [1.807, 2.05) is 24.3 Å². The Labute approximate surface area is 103 Å². The Morgan fingerprint density at radius 3 is 2.94 bits per heavy atom. The van der Waals surface area contributed by atoms with E-state index in [4.69, 9.17) is 9.47 Å². The average Bonchev–Trinajstić information content (AvgIpc) is 2.40. The minimum atomic E-state index is 0.634. The smallest absolute Gasteiger partial charge is 0.122 e. The third-order valence-electron chi connectivity index (χ3n) is 3.19. The molecule has 2 rings (SSSR count). The van der Waals surface area contributed by atoms with Crippen LogP contribution in [0.25, 0.3) is 0 Å². The molecule has 1 fully saturated rings. The van der Waals surface area contributed by atoms with E-state index in [1.54, 1.807) is 7.11 Å². The normalized spacial score (nSPS) is 19.9. The first-order valence-corrected chi connectivity index (χ1v) is 6.39. The van der Waals surface area contributed by atoms with Gasteiger partial charge in [0, 0.05) is 12.1 Å². The number of methoxy groups -OCH3 is 1. The lowest BCUT2D eigenvalue weighted by molar-refractivity contribution is 0.267. The maximum absolute atomic E-state index is 5.73. The van der Waals surface area contributed by atoms with Gasteiger partial charge in [-0.1, -0.05) is 12.5 Å². The zero-order valence-electron chi connectivity index (χ0n) is 10.4. The van der Waals surface area contributed by atoms with Crippen molar-refractivity contribution in [3.05, 3.63) is 24.3 Å². The molecular weight excluding hydrogens is 214 g/mol. The van der Waals surface area contributed by atoms with Crippen molar-refractivity contribution in [1.82, 2.24) is 5.32 Å². The summed E-state index contributed by atoms with van der Waals surface area (Å²) < 4.78 is 10.9. The van der Waals surface area contributed by atoms with Gasteiger partial charge in [0.1, 0.15) is 11.5 Å². The Morgan fingerprint density at radius 2 is 2.18 bits per heavy atom. The van der Waals surface area contributed by atoms with Gasteiger partial charge < -0.3 is 14.8 Å². The fraction of sp³-hybridized carbons (Fsp3) is 0.571. The number of hydrogen-bond acceptors (Lipinski definition) is 3. The fourth-order valence-corrected chi connectivity index (χ4v) is 2.18. The van der Waals surface area contributed by atoms with Crippen LogP contribution in [0.1, 0.15) is 25.7 Å². The van der Waals surface area contributed by atoms with Gasteiger partial charge in [-0.2, -0.15) is 0 Å². The van der Waals surface area contributed by atoms with Crippen LogP contribution in [0, 0.1) is 0 Å². The van der Waals surface area contributed by atoms with Gasteiger partial charge in [-0.05, 0) is 37.9 Å². The number of piperidine rings is 1. The molecule has 0 spiro atoms. The van der Waals surface area contributed by atoms with Gasteiger partial charge in [0.05, 0.1) is 13.7 Å². The second-order valence-corrected chi connectivity index (χ2v) is 4.46. The van der Waals surface area contributed by atoms with E-state index in [1.165, 1.54) is 19.3 Å². The van der Waals surface area contributed by atoms with E-state index in [0.717, 1.165) is 31.1 Å². The monoisotopic (exact) mass is 235 g/mol. The molecule has 1 aliphatic rings. The molecule has 1 atom stereocenters. The second kappa shape index (κ2) is 6.50. The van der Waals surface area contributed by atoms with Crippen LogP contribution in [0.5, 0.6) is 11.5 Å². The predicted molar refractivity (Wildman–Crippen MR) is 68.7 cm³/mol. The van der Waals surface area contributed by atoms with Crippen LogP contribution < -0.4 is 14.8 Å². The Morgan fingerprint density at radius 1 is 1.29 bits per heavy atom. The van der Waals surface area contributed by atoms with Crippen molar-refractivity contribution in [3.63, 3.8) is 0 Å². The van der Waals surface area contributed by atoms with Crippen molar-refractivity contribution in [1.29, 1.82) is 0 Å². The third kappa shape index (κ3) is 3.93. The summed E-state index contributed by atoms with van der Waals surface area (Å²) in [5, 5.41) is 3.52. The van der Waals surface area contributed by atoms with Crippen LogP contribution in [0.2, 0.25) is 0 Å². The zero-order valence-corrected chi connectivity index (χ0v) is 10.4. The van der Waals surface area contributed by atoms with Crippen LogP contribution in [0.4, 0.5) is 0 Å². The predicted octanol–water partition coefficient (Wildman–Crippen LogP) is 2.61. The first kappa shape index (κ1) is 12.2. The topological polar surface area (TPSA) is 30.5 Å². The molecule has 1 N–H and O–H groups in total. The van der Waals surface area contributed by atoms with Crippen molar-refractivity contribution in [2.24, 2.45) is 0 Å². The number of ether oxygens (including phenoxy) is 2. The van der Waals surface area contributed by atoms with Gasteiger partial charge in [0.15, 0.2) is 0 Å².